The van der Waals surface area contributed by atoms with E-state index in [0.717, 1.165) is 0 Å². The van der Waals surface area contributed by atoms with E-state index in [9.17, 15) is 9.59 Å². The molecule has 0 saturated heterocycles. The molecule has 1 N–H and O–H groups in total. The van der Waals surface area contributed by atoms with Gasteiger partial charge < -0.3 is 9.47 Å². The quantitative estimate of drug-likeness (QED) is 0.586. The smallest absolute Gasteiger partial charge is 0.431 e. The Morgan fingerprint density at radius 2 is 1.88 bits per heavy atom. The van der Waals surface area contributed by atoms with Crippen molar-refractivity contribution in [1.82, 2.24) is 5.48 Å². The van der Waals surface area contributed by atoms with E-state index < -0.39 is 23.8 Å². The zero-order valence-electron chi connectivity index (χ0n) is 10.3. The molecule has 0 fully saturated rings. The summed E-state index contributed by atoms with van der Waals surface area (Å²) < 4.78 is 9.58. The third kappa shape index (κ3) is 7.05. The number of rotatable bonds is 4. The zero-order valence-corrected chi connectivity index (χ0v) is 10.3. The summed E-state index contributed by atoms with van der Waals surface area (Å²) in [4.78, 5) is 27.0. The highest BCUT2D eigenvalue weighted by Gasteiger charge is 2.19. The Bertz CT molecular complexity index is 246. The van der Waals surface area contributed by atoms with Crippen molar-refractivity contribution in [2.24, 2.45) is 0 Å². The molecule has 0 bridgehead atoms. The van der Waals surface area contributed by atoms with Gasteiger partial charge in [0.25, 0.3) is 0 Å². The number of ether oxygens (including phenoxy) is 2. The van der Waals surface area contributed by atoms with Crippen molar-refractivity contribution in [2.75, 3.05) is 6.61 Å². The summed E-state index contributed by atoms with van der Waals surface area (Å²) in [5.41, 5.74) is 1.41. The summed E-state index contributed by atoms with van der Waals surface area (Å²) in [6.07, 6.45) is -1.61. The predicted molar refractivity (Wildman–Crippen MR) is 56.5 cm³/mol. The van der Waals surface area contributed by atoms with Gasteiger partial charge in [-0.15, -0.1) is 0 Å². The monoisotopic (exact) mass is 233 g/mol. The normalized spacial score (nSPS) is 12.8. The van der Waals surface area contributed by atoms with Crippen LogP contribution in [0.5, 0.6) is 0 Å². The Kier molecular flexibility index (Phi) is 5.81. The second-order valence-corrected chi connectivity index (χ2v) is 4.12. The van der Waals surface area contributed by atoms with E-state index in [1.165, 1.54) is 6.92 Å². The maximum Gasteiger partial charge on any atom is 0.431 e. The van der Waals surface area contributed by atoms with Gasteiger partial charge in [-0.1, -0.05) is 0 Å². The van der Waals surface area contributed by atoms with Crippen LogP contribution in [-0.2, 0) is 19.1 Å². The number of amides is 1. The van der Waals surface area contributed by atoms with E-state index in [1.807, 2.05) is 5.48 Å². The second-order valence-electron chi connectivity index (χ2n) is 4.12. The molecule has 1 atom stereocenters. The van der Waals surface area contributed by atoms with Crippen molar-refractivity contribution < 1.29 is 23.9 Å². The highest BCUT2D eigenvalue weighted by atomic mass is 16.7. The Balaban J connectivity index is 3.88. The number of hydroxylamine groups is 1. The predicted octanol–water partition coefficient (Wildman–Crippen LogP) is 1.39. The van der Waals surface area contributed by atoms with Crippen molar-refractivity contribution >= 4 is 12.1 Å². The van der Waals surface area contributed by atoms with Gasteiger partial charge in [0.1, 0.15) is 5.60 Å². The van der Waals surface area contributed by atoms with Crippen molar-refractivity contribution in [3.8, 4) is 0 Å². The average molecular weight is 233 g/mol. The number of esters is 1. The van der Waals surface area contributed by atoms with Crippen LogP contribution < -0.4 is 5.48 Å². The maximum atomic E-state index is 11.1. The van der Waals surface area contributed by atoms with Gasteiger partial charge in [0.2, 0.25) is 0 Å². The molecule has 0 aliphatic carbocycles. The summed E-state index contributed by atoms with van der Waals surface area (Å²) in [5.74, 6) is -0.543. The van der Waals surface area contributed by atoms with Crippen molar-refractivity contribution in [1.29, 1.82) is 0 Å². The van der Waals surface area contributed by atoms with Crippen LogP contribution >= 0.6 is 0 Å². The second kappa shape index (κ2) is 6.32. The lowest BCUT2D eigenvalue weighted by molar-refractivity contribution is -0.159. The Hall–Kier alpha value is -1.30. The fourth-order valence-electron chi connectivity index (χ4n) is 0.743. The van der Waals surface area contributed by atoms with Gasteiger partial charge in [-0.3, -0.25) is 4.84 Å². The summed E-state index contributed by atoms with van der Waals surface area (Å²) in [6, 6.07) is 0. The third-order valence-electron chi connectivity index (χ3n) is 1.34. The highest BCUT2D eigenvalue weighted by Crippen LogP contribution is 2.06. The van der Waals surface area contributed by atoms with Gasteiger partial charge in [0.05, 0.1) is 6.61 Å². The number of hydrogen-bond acceptors (Lipinski definition) is 5. The molecule has 6 nitrogen and oxygen atoms in total. The van der Waals surface area contributed by atoms with E-state index in [0.29, 0.717) is 0 Å². The average Bonchev–Trinajstić information content (AvgIpc) is 2.11. The molecule has 0 aliphatic heterocycles. The van der Waals surface area contributed by atoms with Crippen LogP contribution in [0.15, 0.2) is 0 Å². The third-order valence-corrected chi connectivity index (χ3v) is 1.34. The van der Waals surface area contributed by atoms with Gasteiger partial charge in [-0.2, -0.15) is 5.48 Å². The molecule has 0 radical (unpaired) electrons. The van der Waals surface area contributed by atoms with E-state index in [-0.39, 0.29) is 6.61 Å². The zero-order chi connectivity index (χ0) is 12.8. The molecule has 0 heterocycles. The van der Waals surface area contributed by atoms with E-state index >= 15 is 0 Å². The number of hydrogen-bond donors (Lipinski definition) is 1. The van der Waals surface area contributed by atoms with Gasteiger partial charge in [0.15, 0.2) is 6.10 Å². The first-order chi connectivity index (χ1) is 7.26. The molecular formula is C10H19NO5. The standard InChI is InChI=1S/C10H19NO5/c1-6-14-8(12)7(2)16-11-9(13)15-10(3,4)5/h7H,6H2,1-5H3,(H,11,13)/t7-/m0/s1. The number of nitrogens with one attached hydrogen (secondary N) is 1. The molecule has 0 unspecified atom stereocenters. The number of carbonyl (C=O) groups is 2. The molecule has 6 heteroatoms. The topological polar surface area (TPSA) is 73.9 Å². The molecule has 0 aromatic carbocycles. The van der Waals surface area contributed by atoms with Gasteiger partial charge in [0, 0.05) is 0 Å². The van der Waals surface area contributed by atoms with Gasteiger partial charge in [-0.05, 0) is 34.6 Å². The van der Waals surface area contributed by atoms with Gasteiger partial charge in [-0.25, -0.2) is 9.59 Å². The van der Waals surface area contributed by atoms with Crippen molar-refractivity contribution in [3.63, 3.8) is 0 Å². The number of carbonyl (C=O) groups excluding carboxylic acids is 2. The van der Waals surface area contributed by atoms with Crippen LogP contribution in [0.2, 0.25) is 0 Å². The SMILES string of the molecule is CCOC(=O)[C@H](C)ONC(=O)OC(C)(C)C. The molecule has 0 saturated carbocycles. The largest absolute Gasteiger partial charge is 0.464 e. The molecule has 1 amide bonds. The minimum Gasteiger partial charge on any atom is -0.464 e. The molecule has 16 heavy (non-hydrogen) atoms. The van der Waals surface area contributed by atoms with Crippen molar-refractivity contribution in [3.05, 3.63) is 0 Å². The van der Waals surface area contributed by atoms with Crippen LogP contribution in [0.4, 0.5) is 4.79 Å². The molecule has 94 valence electrons. The maximum absolute atomic E-state index is 11.1. The molecule has 0 aliphatic rings. The molecular weight excluding hydrogens is 214 g/mol. The molecule has 0 aromatic heterocycles. The highest BCUT2D eigenvalue weighted by molar-refractivity contribution is 5.74. The first kappa shape index (κ1) is 14.7. The summed E-state index contributed by atoms with van der Waals surface area (Å²) in [6.45, 7) is 8.59. The minimum absolute atomic E-state index is 0.263. The fraction of sp³-hybridized carbons (Fsp3) is 0.800. The lowest BCUT2D eigenvalue weighted by Gasteiger charge is -2.20. The lowest BCUT2D eigenvalue weighted by Crippen LogP contribution is -2.37. The minimum atomic E-state index is -0.868. The molecule has 0 spiro atoms. The van der Waals surface area contributed by atoms with Crippen LogP contribution in [0, 0.1) is 0 Å². The Morgan fingerprint density at radius 3 is 2.31 bits per heavy atom. The van der Waals surface area contributed by atoms with Gasteiger partial charge >= 0.3 is 12.1 Å². The Labute approximate surface area is 95.2 Å². The van der Waals surface area contributed by atoms with Crippen LogP contribution in [0.1, 0.15) is 34.6 Å². The molecule has 0 rings (SSSR count). The first-order valence-electron chi connectivity index (χ1n) is 5.07. The molecule has 0 aromatic rings. The Morgan fingerprint density at radius 1 is 1.31 bits per heavy atom. The van der Waals surface area contributed by atoms with Crippen LogP contribution in [0.25, 0.3) is 0 Å². The first-order valence-corrected chi connectivity index (χ1v) is 5.07. The summed E-state index contributed by atoms with van der Waals surface area (Å²) in [7, 11) is 0. The fourth-order valence-corrected chi connectivity index (χ4v) is 0.743. The van der Waals surface area contributed by atoms with E-state index in [4.69, 9.17) is 9.57 Å². The lowest BCUT2D eigenvalue weighted by atomic mass is 10.2. The van der Waals surface area contributed by atoms with Crippen molar-refractivity contribution in [2.45, 2.75) is 46.3 Å². The summed E-state index contributed by atoms with van der Waals surface area (Å²) in [5, 5.41) is 0. The van der Waals surface area contributed by atoms with Crippen LogP contribution in [0.3, 0.4) is 0 Å². The van der Waals surface area contributed by atoms with Crippen LogP contribution in [-0.4, -0.2) is 30.4 Å². The van der Waals surface area contributed by atoms with E-state index in [2.05, 4.69) is 4.74 Å². The summed E-state index contributed by atoms with van der Waals surface area (Å²) >= 11 is 0. The van der Waals surface area contributed by atoms with E-state index in [1.54, 1.807) is 27.7 Å².